The third-order valence-electron chi connectivity index (χ3n) is 2.08. The standard InChI is InChI=1S/C12H14O2/c1-10-8-11(4-2-3-7-13)5-6-12(10)9-14/h2,4-8,14H,3,9H2,1H3. The van der Waals surface area contributed by atoms with E-state index < -0.39 is 0 Å². The molecular weight excluding hydrogens is 176 g/mol. The van der Waals surface area contributed by atoms with E-state index in [4.69, 9.17) is 5.11 Å². The highest BCUT2D eigenvalue weighted by Gasteiger charge is 1.96. The highest BCUT2D eigenvalue weighted by Crippen LogP contribution is 2.12. The van der Waals surface area contributed by atoms with Crippen LogP contribution in [-0.4, -0.2) is 11.4 Å². The molecule has 0 radical (unpaired) electrons. The SMILES string of the molecule is Cc1cc(C=CCC=O)ccc1CO. The summed E-state index contributed by atoms with van der Waals surface area (Å²) in [6.45, 7) is 2.03. The molecule has 0 aromatic heterocycles. The van der Waals surface area contributed by atoms with Gasteiger partial charge in [0, 0.05) is 6.42 Å². The highest BCUT2D eigenvalue weighted by atomic mass is 16.3. The summed E-state index contributed by atoms with van der Waals surface area (Å²) >= 11 is 0. The van der Waals surface area contributed by atoms with E-state index in [0.29, 0.717) is 6.42 Å². The Morgan fingerprint density at radius 3 is 2.79 bits per heavy atom. The lowest BCUT2D eigenvalue weighted by Gasteiger charge is -2.02. The van der Waals surface area contributed by atoms with Crippen LogP contribution in [0.3, 0.4) is 0 Å². The van der Waals surface area contributed by atoms with E-state index in [9.17, 15) is 4.79 Å². The van der Waals surface area contributed by atoms with E-state index in [1.54, 1.807) is 0 Å². The number of hydrogen-bond donors (Lipinski definition) is 1. The molecule has 0 amide bonds. The second kappa shape index (κ2) is 5.35. The topological polar surface area (TPSA) is 37.3 Å². The van der Waals surface area contributed by atoms with Gasteiger partial charge >= 0.3 is 0 Å². The number of carbonyl (C=O) groups excluding carboxylic acids is 1. The van der Waals surface area contributed by atoms with Crippen molar-refractivity contribution in [2.24, 2.45) is 0 Å². The zero-order chi connectivity index (χ0) is 10.4. The van der Waals surface area contributed by atoms with Crippen molar-refractivity contribution in [3.05, 3.63) is 41.0 Å². The molecule has 0 fully saturated rings. The molecule has 14 heavy (non-hydrogen) atoms. The predicted molar refractivity (Wildman–Crippen MR) is 56.8 cm³/mol. The van der Waals surface area contributed by atoms with Gasteiger partial charge < -0.3 is 9.90 Å². The third-order valence-corrected chi connectivity index (χ3v) is 2.08. The maximum atomic E-state index is 10.1. The van der Waals surface area contributed by atoms with Gasteiger partial charge in [-0.1, -0.05) is 30.4 Å². The van der Waals surface area contributed by atoms with Crippen molar-refractivity contribution in [3.8, 4) is 0 Å². The molecule has 0 aliphatic carbocycles. The first-order valence-corrected chi connectivity index (χ1v) is 4.58. The number of carbonyl (C=O) groups is 1. The van der Waals surface area contributed by atoms with Gasteiger partial charge in [-0.2, -0.15) is 0 Å². The Labute approximate surface area is 83.9 Å². The fourth-order valence-electron chi connectivity index (χ4n) is 1.26. The zero-order valence-corrected chi connectivity index (χ0v) is 8.23. The average Bonchev–Trinajstić information content (AvgIpc) is 2.18. The summed E-state index contributed by atoms with van der Waals surface area (Å²) in [5.41, 5.74) is 3.07. The normalized spacial score (nSPS) is 10.7. The van der Waals surface area contributed by atoms with Crippen LogP contribution in [-0.2, 0) is 11.4 Å². The van der Waals surface area contributed by atoms with Crippen LogP contribution in [0.5, 0.6) is 0 Å². The molecule has 0 aliphatic rings. The van der Waals surface area contributed by atoms with E-state index in [2.05, 4.69) is 0 Å². The smallest absolute Gasteiger partial charge is 0.123 e. The predicted octanol–water partition coefficient (Wildman–Crippen LogP) is 2.09. The van der Waals surface area contributed by atoms with Crippen molar-refractivity contribution in [1.29, 1.82) is 0 Å². The van der Waals surface area contributed by atoms with Gasteiger partial charge in [0.25, 0.3) is 0 Å². The minimum Gasteiger partial charge on any atom is -0.392 e. The Bertz CT molecular complexity index is 340. The first-order valence-electron chi connectivity index (χ1n) is 4.58. The highest BCUT2D eigenvalue weighted by molar-refractivity contribution is 5.58. The van der Waals surface area contributed by atoms with Gasteiger partial charge in [-0.25, -0.2) is 0 Å². The van der Waals surface area contributed by atoms with Gasteiger partial charge in [0.2, 0.25) is 0 Å². The molecular formula is C12H14O2. The van der Waals surface area contributed by atoms with Gasteiger partial charge in [0.1, 0.15) is 6.29 Å². The zero-order valence-electron chi connectivity index (χ0n) is 8.23. The molecule has 1 N–H and O–H groups in total. The van der Waals surface area contributed by atoms with Gasteiger partial charge in [-0.05, 0) is 23.6 Å². The van der Waals surface area contributed by atoms with Crippen molar-refractivity contribution in [2.45, 2.75) is 20.0 Å². The third kappa shape index (κ3) is 2.82. The molecule has 74 valence electrons. The Hall–Kier alpha value is -1.41. The minimum absolute atomic E-state index is 0.0736. The number of aldehydes is 1. The van der Waals surface area contributed by atoms with Crippen LogP contribution in [0.4, 0.5) is 0 Å². The van der Waals surface area contributed by atoms with Crippen LogP contribution in [0, 0.1) is 6.92 Å². The molecule has 0 heterocycles. The van der Waals surface area contributed by atoms with E-state index in [1.165, 1.54) is 0 Å². The van der Waals surface area contributed by atoms with E-state index in [0.717, 1.165) is 23.0 Å². The maximum Gasteiger partial charge on any atom is 0.123 e. The second-order valence-electron chi connectivity index (χ2n) is 3.15. The summed E-state index contributed by atoms with van der Waals surface area (Å²) in [5, 5.41) is 8.96. The summed E-state index contributed by atoms with van der Waals surface area (Å²) in [4.78, 5) is 10.1. The molecule has 0 unspecified atom stereocenters. The molecule has 1 aromatic carbocycles. The molecule has 0 aliphatic heterocycles. The van der Waals surface area contributed by atoms with Crippen molar-refractivity contribution in [1.82, 2.24) is 0 Å². The number of benzene rings is 1. The molecule has 0 spiro atoms. The summed E-state index contributed by atoms with van der Waals surface area (Å²) in [6, 6.07) is 5.82. The van der Waals surface area contributed by atoms with Crippen molar-refractivity contribution in [2.75, 3.05) is 0 Å². The first-order chi connectivity index (χ1) is 6.77. The monoisotopic (exact) mass is 190 g/mol. The Balaban J connectivity index is 2.80. The summed E-state index contributed by atoms with van der Waals surface area (Å²) in [7, 11) is 0. The number of rotatable bonds is 4. The lowest BCUT2D eigenvalue weighted by Crippen LogP contribution is -1.88. The summed E-state index contributed by atoms with van der Waals surface area (Å²) in [5.74, 6) is 0. The van der Waals surface area contributed by atoms with E-state index in [1.807, 2.05) is 37.3 Å². The molecule has 0 atom stereocenters. The molecule has 0 saturated heterocycles. The van der Waals surface area contributed by atoms with Crippen LogP contribution < -0.4 is 0 Å². The number of aliphatic hydroxyl groups is 1. The average molecular weight is 190 g/mol. The van der Waals surface area contributed by atoms with E-state index in [-0.39, 0.29) is 6.61 Å². The van der Waals surface area contributed by atoms with Gasteiger partial charge in [-0.15, -0.1) is 0 Å². The molecule has 0 bridgehead atoms. The van der Waals surface area contributed by atoms with Gasteiger partial charge in [0.15, 0.2) is 0 Å². The Morgan fingerprint density at radius 2 is 2.21 bits per heavy atom. The van der Waals surface area contributed by atoms with Crippen LogP contribution in [0.15, 0.2) is 24.3 Å². The fraction of sp³-hybridized carbons (Fsp3) is 0.250. The minimum atomic E-state index is 0.0736. The van der Waals surface area contributed by atoms with E-state index >= 15 is 0 Å². The van der Waals surface area contributed by atoms with Crippen LogP contribution >= 0.6 is 0 Å². The largest absolute Gasteiger partial charge is 0.392 e. The Kier molecular flexibility index (Phi) is 4.08. The van der Waals surface area contributed by atoms with Crippen LogP contribution in [0.1, 0.15) is 23.1 Å². The maximum absolute atomic E-state index is 10.1. The fourth-order valence-corrected chi connectivity index (χ4v) is 1.26. The Morgan fingerprint density at radius 1 is 1.43 bits per heavy atom. The first kappa shape index (κ1) is 10.7. The number of allylic oxidation sites excluding steroid dienone is 1. The number of hydrogen-bond acceptors (Lipinski definition) is 2. The number of aliphatic hydroxyl groups excluding tert-OH is 1. The molecule has 2 nitrogen and oxygen atoms in total. The van der Waals surface area contributed by atoms with Crippen LogP contribution in [0.2, 0.25) is 0 Å². The van der Waals surface area contributed by atoms with Crippen molar-refractivity contribution in [3.63, 3.8) is 0 Å². The second-order valence-corrected chi connectivity index (χ2v) is 3.15. The summed E-state index contributed by atoms with van der Waals surface area (Å²) in [6.07, 6.45) is 5.04. The lowest BCUT2D eigenvalue weighted by atomic mass is 10.1. The van der Waals surface area contributed by atoms with Gasteiger partial charge in [-0.3, -0.25) is 0 Å². The summed E-state index contributed by atoms with van der Waals surface area (Å²) < 4.78 is 0. The van der Waals surface area contributed by atoms with Crippen molar-refractivity contribution < 1.29 is 9.90 Å². The molecule has 0 saturated carbocycles. The van der Waals surface area contributed by atoms with Crippen LogP contribution in [0.25, 0.3) is 6.08 Å². The van der Waals surface area contributed by atoms with Gasteiger partial charge in [0.05, 0.1) is 6.61 Å². The van der Waals surface area contributed by atoms with Crippen molar-refractivity contribution >= 4 is 12.4 Å². The molecule has 1 rings (SSSR count). The lowest BCUT2D eigenvalue weighted by molar-refractivity contribution is -0.107. The molecule has 2 heteroatoms. The molecule has 1 aromatic rings. The quantitative estimate of drug-likeness (QED) is 0.738. The number of aryl methyl sites for hydroxylation is 1.